The van der Waals surface area contributed by atoms with Crippen molar-refractivity contribution in [2.24, 2.45) is 0 Å². The molecule has 3 unspecified atom stereocenters. The first-order chi connectivity index (χ1) is 18.6. The highest BCUT2D eigenvalue weighted by molar-refractivity contribution is 5.76. The van der Waals surface area contributed by atoms with Crippen LogP contribution in [0.3, 0.4) is 0 Å². The molecule has 7 nitrogen and oxygen atoms in total. The summed E-state index contributed by atoms with van der Waals surface area (Å²) < 4.78 is -0.542. The smallest absolute Gasteiger partial charge is 0.362 e. The fraction of sp³-hybridized carbons (Fsp3) is 0.844. The minimum atomic E-state index is -1.42. The van der Waals surface area contributed by atoms with Crippen LogP contribution >= 0.6 is 0 Å². The second-order valence-electron chi connectivity index (χ2n) is 11.4. The van der Waals surface area contributed by atoms with Gasteiger partial charge in [0.25, 0.3) is 0 Å². The number of carbonyl (C=O) groups excluding carboxylic acids is 1. The molecule has 3 atom stereocenters. The molecular weight excluding hydrogens is 494 g/mol. The number of quaternary nitrogens is 1. The van der Waals surface area contributed by atoms with E-state index < -0.39 is 40.5 Å². The molecule has 0 bridgehead atoms. The van der Waals surface area contributed by atoms with Crippen molar-refractivity contribution in [3.8, 4) is 0 Å². The van der Waals surface area contributed by atoms with Crippen LogP contribution in [-0.2, 0) is 14.4 Å². The van der Waals surface area contributed by atoms with Crippen molar-refractivity contribution >= 4 is 17.9 Å². The summed E-state index contributed by atoms with van der Waals surface area (Å²) in [5.41, 5.74) is 0. The van der Waals surface area contributed by atoms with Crippen LogP contribution in [0.1, 0.15) is 150 Å². The van der Waals surface area contributed by atoms with E-state index in [9.17, 15) is 29.7 Å². The molecule has 228 valence electrons. The van der Waals surface area contributed by atoms with Gasteiger partial charge < -0.3 is 20.1 Å². The van der Waals surface area contributed by atoms with E-state index in [1.165, 1.54) is 104 Å². The molecule has 2 N–H and O–H groups in total. The monoisotopic (exact) mass is 553 g/mol. The third-order valence-electron chi connectivity index (χ3n) is 8.53. The standard InChI is InChI=1S/C32H59NO6/c1-5-6-7-8-9-10-11-12-13-14-15-16-17-18-19-20-21-22-23-24-25-26-33(27(2)30(34)35,28(3)31(36)37)29(4)32(38)39/h15-16,27-29H,5-14,17-26H2,1-4H3,(H2-,34,35,36,37,38,39)/b16-15+. The Labute approximate surface area is 238 Å². The van der Waals surface area contributed by atoms with E-state index in [1.807, 2.05) is 0 Å². The van der Waals surface area contributed by atoms with Gasteiger partial charge in [0, 0.05) is 0 Å². The van der Waals surface area contributed by atoms with Crippen molar-refractivity contribution < 1.29 is 34.2 Å². The van der Waals surface area contributed by atoms with E-state index in [2.05, 4.69) is 19.1 Å². The first-order valence-electron chi connectivity index (χ1n) is 15.8. The Hall–Kier alpha value is -1.89. The summed E-state index contributed by atoms with van der Waals surface area (Å²) in [7, 11) is 0. The van der Waals surface area contributed by atoms with Gasteiger partial charge in [-0.2, -0.15) is 0 Å². The number of nitrogens with zero attached hydrogens (tertiary/aromatic N) is 1. The first kappa shape index (κ1) is 37.1. The third-order valence-corrected chi connectivity index (χ3v) is 8.53. The van der Waals surface area contributed by atoms with Crippen LogP contribution in [0.25, 0.3) is 0 Å². The van der Waals surface area contributed by atoms with E-state index in [0.717, 1.165) is 32.1 Å². The van der Waals surface area contributed by atoms with Gasteiger partial charge in [-0.05, 0) is 59.3 Å². The minimum Gasteiger partial charge on any atom is -0.544 e. The molecular formula is C32H59NO6. The van der Waals surface area contributed by atoms with Gasteiger partial charge in [0.1, 0.15) is 6.04 Å². The summed E-state index contributed by atoms with van der Waals surface area (Å²) in [6, 6.07) is -3.56. The van der Waals surface area contributed by atoms with E-state index in [1.54, 1.807) is 0 Å². The van der Waals surface area contributed by atoms with Gasteiger partial charge in [-0.1, -0.05) is 103 Å². The summed E-state index contributed by atoms with van der Waals surface area (Å²) in [5, 5.41) is 30.9. The molecule has 0 saturated heterocycles. The zero-order valence-electron chi connectivity index (χ0n) is 25.5. The van der Waals surface area contributed by atoms with Crippen LogP contribution in [0.5, 0.6) is 0 Å². The summed E-state index contributed by atoms with van der Waals surface area (Å²) in [4.78, 5) is 35.3. The van der Waals surface area contributed by atoms with Gasteiger partial charge >= 0.3 is 11.9 Å². The lowest BCUT2D eigenvalue weighted by Crippen LogP contribution is -2.72. The third kappa shape index (κ3) is 15.5. The number of hydrogen-bond acceptors (Lipinski definition) is 4. The SMILES string of the molecule is CCCCCCCCCCC/C=C/CCCCCCCCCC[N+](C(C)C(=O)[O-])(C(C)C(=O)O)C(C)C(=O)O. The predicted octanol–water partition coefficient (Wildman–Crippen LogP) is 6.88. The van der Waals surface area contributed by atoms with Crippen LogP contribution in [0, 0.1) is 0 Å². The molecule has 0 saturated carbocycles. The molecule has 0 aliphatic carbocycles. The maximum absolute atomic E-state index is 11.8. The normalized spacial score (nSPS) is 15.6. The molecule has 0 fully saturated rings. The molecule has 0 aliphatic heterocycles. The van der Waals surface area contributed by atoms with E-state index in [4.69, 9.17) is 0 Å². The Morgan fingerprint density at radius 3 is 1.26 bits per heavy atom. The minimum absolute atomic E-state index is 0.182. The van der Waals surface area contributed by atoms with Crippen LogP contribution in [-0.4, -0.2) is 57.3 Å². The van der Waals surface area contributed by atoms with Crippen LogP contribution in [0.2, 0.25) is 0 Å². The Kier molecular flexibility index (Phi) is 21.8. The number of carboxylic acids is 3. The molecule has 0 rings (SSSR count). The first-order valence-corrected chi connectivity index (χ1v) is 15.8. The number of carbonyl (C=O) groups is 3. The van der Waals surface area contributed by atoms with Crippen molar-refractivity contribution in [2.45, 2.75) is 168 Å². The Bertz CT molecular complexity index is 642. The zero-order valence-corrected chi connectivity index (χ0v) is 25.5. The Morgan fingerprint density at radius 2 is 0.923 bits per heavy atom. The number of unbranched alkanes of at least 4 members (excludes halogenated alkanes) is 17. The van der Waals surface area contributed by atoms with Crippen LogP contribution in [0.15, 0.2) is 12.2 Å². The maximum Gasteiger partial charge on any atom is 0.362 e. The molecule has 0 heterocycles. The maximum atomic E-state index is 11.8. The number of hydrogen-bond donors (Lipinski definition) is 2. The largest absolute Gasteiger partial charge is 0.544 e. The lowest BCUT2D eigenvalue weighted by atomic mass is 10.00. The number of aliphatic carboxylic acids is 3. The average Bonchev–Trinajstić information content (AvgIpc) is 2.90. The summed E-state index contributed by atoms with van der Waals surface area (Å²) >= 11 is 0. The fourth-order valence-electron chi connectivity index (χ4n) is 5.71. The van der Waals surface area contributed by atoms with Gasteiger partial charge in [-0.25, -0.2) is 9.59 Å². The number of rotatable bonds is 27. The quantitative estimate of drug-likeness (QED) is 0.0651. The summed E-state index contributed by atoms with van der Waals surface area (Å²) in [6.07, 6.45) is 27.6. The summed E-state index contributed by atoms with van der Waals surface area (Å²) in [5.74, 6) is -3.82. The van der Waals surface area contributed by atoms with Crippen molar-refractivity contribution in [1.29, 1.82) is 0 Å². The lowest BCUT2D eigenvalue weighted by molar-refractivity contribution is -0.969. The second kappa shape index (κ2) is 22.9. The molecule has 0 aliphatic rings. The van der Waals surface area contributed by atoms with Gasteiger partial charge in [-0.3, -0.25) is 4.48 Å². The number of allylic oxidation sites excluding steroid dienone is 2. The topological polar surface area (TPSA) is 115 Å². The Balaban J connectivity index is 4.06. The summed E-state index contributed by atoms with van der Waals surface area (Å²) in [6.45, 7) is 6.60. The highest BCUT2D eigenvalue weighted by Crippen LogP contribution is 2.27. The molecule has 0 radical (unpaired) electrons. The molecule has 0 aromatic rings. The lowest BCUT2D eigenvalue weighted by Gasteiger charge is -2.49. The van der Waals surface area contributed by atoms with Crippen molar-refractivity contribution in [3.05, 3.63) is 12.2 Å². The highest BCUT2D eigenvalue weighted by atomic mass is 16.4. The fourth-order valence-corrected chi connectivity index (χ4v) is 5.71. The molecule has 39 heavy (non-hydrogen) atoms. The highest BCUT2D eigenvalue weighted by Gasteiger charge is 2.50. The van der Waals surface area contributed by atoms with Gasteiger partial charge in [-0.15, -0.1) is 0 Å². The molecule has 0 amide bonds. The molecule has 0 aromatic heterocycles. The van der Waals surface area contributed by atoms with E-state index in [0.29, 0.717) is 6.42 Å². The molecule has 7 heteroatoms. The van der Waals surface area contributed by atoms with E-state index in [-0.39, 0.29) is 6.54 Å². The number of carboxylic acid groups (broad SMARTS) is 3. The second-order valence-corrected chi connectivity index (χ2v) is 11.4. The van der Waals surface area contributed by atoms with Crippen LogP contribution < -0.4 is 5.11 Å². The van der Waals surface area contributed by atoms with Crippen molar-refractivity contribution in [2.75, 3.05) is 6.54 Å². The molecule has 0 aromatic carbocycles. The molecule has 0 spiro atoms. The van der Waals surface area contributed by atoms with Gasteiger partial charge in [0.05, 0.1) is 12.5 Å². The van der Waals surface area contributed by atoms with Crippen molar-refractivity contribution in [3.63, 3.8) is 0 Å². The van der Waals surface area contributed by atoms with Crippen LogP contribution in [0.4, 0.5) is 0 Å². The predicted molar refractivity (Wildman–Crippen MR) is 156 cm³/mol. The zero-order chi connectivity index (χ0) is 29.5. The van der Waals surface area contributed by atoms with Gasteiger partial charge in [0.15, 0.2) is 12.1 Å². The van der Waals surface area contributed by atoms with Gasteiger partial charge in [0.2, 0.25) is 0 Å². The average molecular weight is 554 g/mol. The van der Waals surface area contributed by atoms with E-state index >= 15 is 0 Å². The van der Waals surface area contributed by atoms with Crippen molar-refractivity contribution in [1.82, 2.24) is 0 Å². The Morgan fingerprint density at radius 1 is 0.590 bits per heavy atom.